The fraction of sp³-hybridized carbons (Fsp3) is 0.538. The Morgan fingerprint density at radius 1 is 1.41 bits per heavy atom. The van der Waals surface area contributed by atoms with Gasteiger partial charge in [-0.1, -0.05) is 26.8 Å². The summed E-state index contributed by atoms with van der Waals surface area (Å²) in [5.41, 5.74) is 1.74. The number of benzene rings is 1. The maximum atomic E-state index is 10.8. The molecule has 94 valence electrons. The third-order valence-corrected chi connectivity index (χ3v) is 3.09. The topological polar surface area (TPSA) is 55.2 Å². The summed E-state index contributed by atoms with van der Waals surface area (Å²) in [6.07, 6.45) is 1.000. The van der Waals surface area contributed by atoms with Gasteiger partial charge >= 0.3 is 0 Å². The minimum Gasteiger partial charge on any atom is -0.382 e. The molecule has 0 saturated heterocycles. The number of nitro benzene ring substituents is 1. The molecule has 17 heavy (non-hydrogen) atoms. The third kappa shape index (κ3) is 3.19. The summed E-state index contributed by atoms with van der Waals surface area (Å²) in [6, 6.07) is 5.50. The summed E-state index contributed by atoms with van der Waals surface area (Å²) in [4.78, 5) is 10.5. The van der Waals surface area contributed by atoms with Gasteiger partial charge in [-0.3, -0.25) is 10.1 Å². The average Bonchev–Trinajstić information content (AvgIpc) is 2.26. The molecule has 1 aromatic rings. The van der Waals surface area contributed by atoms with Crippen LogP contribution in [0.25, 0.3) is 0 Å². The molecule has 0 spiro atoms. The summed E-state index contributed by atoms with van der Waals surface area (Å²) in [5.74, 6) is 0.499. The van der Waals surface area contributed by atoms with E-state index in [1.165, 1.54) is 6.07 Å². The number of nitrogens with zero attached hydrogens (tertiary/aromatic N) is 1. The lowest BCUT2D eigenvalue weighted by atomic mass is 10.0. The second kappa shape index (κ2) is 5.66. The molecule has 1 N–H and O–H groups in total. The van der Waals surface area contributed by atoms with Gasteiger partial charge < -0.3 is 5.32 Å². The van der Waals surface area contributed by atoms with Gasteiger partial charge in [0.2, 0.25) is 0 Å². The van der Waals surface area contributed by atoms with Crippen LogP contribution in [0.3, 0.4) is 0 Å². The van der Waals surface area contributed by atoms with Crippen LogP contribution in [0.4, 0.5) is 11.4 Å². The first-order valence-corrected chi connectivity index (χ1v) is 5.97. The van der Waals surface area contributed by atoms with E-state index in [-0.39, 0.29) is 10.6 Å². The lowest BCUT2D eigenvalue weighted by molar-refractivity contribution is -0.385. The van der Waals surface area contributed by atoms with Crippen LogP contribution in [-0.2, 0) is 0 Å². The van der Waals surface area contributed by atoms with Crippen LogP contribution in [0.2, 0.25) is 0 Å². The van der Waals surface area contributed by atoms with E-state index in [9.17, 15) is 10.1 Å². The van der Waals surface area contributed by atoms with E-state index in [4.69, 9.17) is 0 Å². The van der Waals surface area contributed by atoms with E-state index in [0.29, 0.717) is 17.5 Å². The Bertz CT molecular complexity index is 402. The number of nitro groups is 1. The van der Waals surface area contributed by atoms with Gasteiger partial charge in [0.25, 0.3) is 5.69 Å². The number of nitrogens with one attached hydrogen (secondary N) is 1. The van der Waals surface area contributed by atoms with Gasteiger partial charge in [0.1, 0.15) is 0 Å². The van der Waals surface area contributed by atoms with E-state index in [0.717, 1.165) is 12.1 Å². The predicted octanol–water partition coefficient (Wildman–Crippen LogP) is 3.75. The van der Waals surface area contributed by atoms with Crippen LogP contribution in [0.15, 0.2) is 18.2 Å². The van der Waals surface area contributed by atoms with E-state index in [2.05, 4.69) is 26.1 Å². The molecule has 0 aliphatic rings. The fourth-order valence-electron chi connectivity index (χ4n) is 1.92. The van der Waals surface area contributed by atoms with Crippen molar-refractivity contribution in [1.82, 2.24) is 0 Å². The van der Waals surface area contributed by atoms with Gasteiger partial charge in [-0.2, -0.15) is 0 Å². The lowest BCUT2D eigenvalue weighted by Crippen LogP contribution is -2.25. The SMILES string of the molecule is CCC(Nc1cccc([N+](=O)[O-])c1C)C(C)C. The molecule has 1 unspecified atom stereocenters. The largest absolute Gasteiger partial charge is 0.382 e. The molecule has 0 aliphatic carbocycles. The smallest absolute Gasteiger partial charge is 0.274 e. The zero-order chi connectivity index (χ0) is 13.0. The van der Waals surface area contributed by atoms with Gasteiger partial charge in [-0.15, -0.1) is 0 Å². The molecule has 1 atom stereocenters. The van der Waals surface area contributed by atoms with Crippen molar-refractivity contribution in [3.05, 3.63) is 33.9 Å². The highest BCUT2D eigenvalue weighted by Gasteiger charge is 2.16. The Morgan fingerprint density at radius 2 is 2.06 bits per heavy atom. The molecule has 4 heteroatoms. The summed E-state index contributed by atoms with van der Waals surface area (Å²) < 4.78 is 0. The second-order valence-electron chi connectivity index (χ2n) is 4.61. The minimum absolute atomic E-state index is 0.175. The molecule has 1 aromatic carbocycles. The first-order chi connectivity index (χ1) is 7.97. The molecule has 0 amide bonds. The molecular weight excluding hydrogens is 216 g/mol. The quantitative estimate of drug-likeness (QED) is 0.625. The summed E-state index contributed by atoms with van der Waals surface area (Å²) >= 11 is 0. The molecule has 1 rings (SSSR count). The number of anilines is 1. The highest BCUT2D eigenvalue weighted by molar-refractivity contribution is 5.60. The maximum Gasteiger partial charge on any atom is 0.274 e. The predicted molar refractivity (Wildman–Crippen MR) is 70.4 cm³/mol. The van der Waals surface area contributed by atoms with Crippen molar-refractivity contribution in [3.8, 4) is 0 Å². The first kappa shape index (κ1) is 13.5. The Morgan fingerprint density at radius 3 is 2.53 bits per heavy atom. The van der Waals surface area contributed by atoms with Gasteiger partial charge in [0.15, 0.2) is 0 Å². The van der Waals surface area contributed by atoms with Gasteiger partial charge in [0.05, 0.1) is 4.92 Å². The fourth-order valence-corrected chi connectivity index (χ4v) is 1.92. The molecule has 4 nitrogen and oxygen atoms in total. The number of hydrogen-bond acceptors (Lipinski definition) is 3. The minimum atomic E-state index is -0.336. The lowest BCUT2D eigenvalue weighted by Gasteiger charge is -2.23. The van der Waals surface area contributed by atoms with Crippen LogP contribution in [0.5, 0.6) is 0 Å². The van der Waals surface area contributed by atoms with Crippen molar-refractivity contribution in [2.24, 2.45) is 5.92 Å². The second-order valence-corrected chi connectivity index (χ2v) is 4.61. The van der Waals surface area contributed by atoms with Crippen LogP contribution in [0, 0.1) is 23.0 Å². The van der Waals surface area contributed by atoms with Crippen LogP contribution in [0.1, 0.15) is 32.8 Å². The molecular formula is C13H20N2O2. The van der Waals surface area contributed by atoms with Crippen molar-refractivity contribution in [1.29, 1.82) is 0 Å². The van der Waals surface area contributed by atoms with Crippen molar-refractivity contribution in [2.75, 3.05) is 5.32 Å². The zero-order valence-electron chi connectivity index (χ0n) is 10.9. The van der Waals surface area contributed by atoms with Crippen molar-refractivity contribution in [3.63, 3.8) is 0 Å². The van der Waals surface area contributed by atoms with Crippen molar-refractivity contribution in [2.45, 2.75) is 40.2 Å². The zero-order valence-corrected chi connectivity index (χ0v) is 10.9. The van der Waals surface area contributed by atoms with E-state index in [1.54, 1.807) is 13.0 Å². The maximum absolute atomic E-state index is 10.8. The van der Waals surface area contributed by atoms with Crippen molar-refractivity contribution < 1.29 is 4.92 Å². The van der Waals surface area contributed by atoms with E-state index < -0.39 is 0 Å². The normalized spacial score (nSPS) is 12.5. The van der Waals surface area contributed by atoms with E-state index in [1.807, 2.05) is 6.07 Å². The Kier molecular flexibility index (Phi) is 4.49. The monoisotopic (exact) mass is 236 g/mol. The molecule has 0 bridgehead atoms. The summed E-state index contributed by atoms with van der Waals surface area (Å²) in [5, 5.41) is 14.2. The van der Waals surface area contributed by atoms with Gasteiger partial charge in [0, 0.05) is 23.4 Å². The number of hydrogen-bond donors (Lipinski definition) is 1. The van der Waals surface area contributed by atoms with Gasteiger partial charge in [-0.05, 0) is 25.3 Å². The van der Waals surface area contributed by atoms with E-state index >= 15 is 0 Å². The van der Waals surface area contributed by atoms with Crippen molar-refractivity contribution >= 4 is 11.4 Å². The summed E-state index contributed by atoms with van der Waals surface area (Å²) in [7, 11) is 0. The molecule has 0 aromatic heterocycles. The van der Waals surface area contributed by atoms with Crippen LogP contribution < -0.4 is 5.32 Å². The Hall–Kier alpha value is -1.58. The average molecular weight is 236 g/mol. The van der Waals surface area contributed by atoms with Gasteiger partial charge in [-0.25, -0.2) is 0 Å². The standard InChI is InChI=1S/C13H20N2O2/c1-5-11(9(2)3)14-12-7-6-8-13(10(12)4)15(16)17/h6-9,11,14H,5H2,1-4H3. The Balaban J connectivity index is 2.99. The first-order valence-electron chi connectivity index (χ1n) is 5.97. The Labute approximate surface area is 102 Å². The number of rotatable bonds is 5. The van der Waals surface area contributed by atoms with Crippen LogP contribution in [-0.4, -0.2) is 11.0 Å². The summed E-state index contributed by atoms with van der Waals surface area (Å²) in [6.45, 7) is 8.19. The molecule has 0 saturated carbocycles. The van der Waals surface area contributed by atoms with Crippen LogP contribution >= 0.6 is 0 Å². The molecule has 0 fully saturated rings. The third-order valence-electron chi connectivity index (χ3n) is 3.09. The molecule has 0 heterocycles. The highest BCUT2D eigenvalue weighted by Crippen LogP contribution is 2.26. The highest BCUT2D eigenvalue weighted by atomic mass is 16.6. The molecule has 0 radical (unpaired) electrons. The molecule has 0 aliphatic heterocycles.